The Balaban J connectivity index is 1.89. The van der Waals surface area contributed by atoms with E-state index in [2.05, 4.69) is 0 Å². The first-order chi connectivity index (χ1) is 10.2. The second-order valence-corrected chi connectivity index (χ2v) is 4.71. The number of hydrogen-bond acceptors (Lipinski definition) is 3. The minimum atomic E-state index is -0.411. The smallest absolute Gasteiger partial charge is 0.331 e. The van der Waals surface area contributed by atoms with Gasteiger partial charge in [0.05, 0.1) is 7.11 Å². The summed E-state index contributed by atoms with van der Waals surface area (Å²) in [7, 11) is 1.61. The van der Waals surface area contributed by atoms with Crippen LogP contribution in [-0.2, 0) is 16.1 Å². The normalized spacial score (nSPS) is 10.6. The van der Waals surface area contributed by atoms with E-state index in [4.69, 9.17) is 21.1 Å². The van der Waals surface area contributed by atoms with E-state index in [9.17, 15) is 4.79 Å². The first kappa shape index (κ1) is 15.1. The van der Waals surface area contributed by atoms with Crippen LogP contribution in [0.5, 0.6) is 5.75 Å². The summed E-state index contributed by atoms with van der Waals surface area (Å²) >= 11 is 5.99. The summed E-state index contributed by atoms with van der Waals surface area (Å²) in [5.41, 5.74) is 1.68. The summed E-state index contributed by atoms with van der Waals surface area (Å²) < 4.78 is 10.2. The highest BCUT2D eigenvalue weighted by Crippen LogP contribution is 2.16. The van der Waals surface area contributed by atoms with Crippen molar-refractivity contribution in [2.45, 2.75) is 6.61 Å². The summed E-state index contributed by atoms with van der Waals surface area (Å²) in [6, 6.07) is 14.6. The number of halogens is 1. The van der Waals surface area contributed by atoms with Crippen LogP contribution in [0.25, 0.3) is 6.08 Å². The molecule has 0 aliphatic heterocycles. The number of methoxy groups -OCH3 is 1. The quantitative estimate of drug-likeness (QED) is 0.616. The van der Waals surface area contributed by atoms with Crippen molar-refractivity contribution in [2.24, 2.45) is 0 Å². The first-order valence-electron chi connectivity index (χ1n) is 6.41. The molecule has 0 N–H and O–H groups in total. The number of rotatable bonds is 5. The SMILES string of the molecule is COc1ccc(/C=C/C(=O)OCc2ccccc2Cl)cc1. The number of ether oxygens (including phenoxy) is 2. The highest BCUT2D eigenvalue weighted by molar-refractivity contribution is 6.31. The summed E-state index contributed by atoms with van der Waals surface area (Å²) in [4.78, 5) is 11.6. The average Bonchev–Trinajstić information content (AvgIpc) is 2.52. The lowest BCUT2D eigenvalue weighted by Crippen LogP contribution is -2.01. The molecule has 2 aromatic rings. The predicted octanol–water partition coefficient (Wildman–Crippen LogP) is 4.11. The maximum absolute atomic E-state index is 11.6. The van der Waals surface area contributed by atoms with Crippen LogP contribution in [0.2, 0.25) is 5.02 Å². The van der Waals surface area contributed by atoms with E-state index in [1.54, 1.807) is 19.3 Å². The molecule has 108 valence electrons. The van der Waals surface area contributed by atoms with Gasteiger partial charge in [-0.05, 0) is 29.8 Å². The third-order valence-corrected chi connectivity index (χ3v) is 3.22. The van der Waals surface area contributed by atoms with Crippen LogP contribution in [0.15, 0.2) is 54.6 Å². The first-order valence-corrected chi connectivity index (χ1v) is 6.79. The van der Waals surface area contributed by atoms with E-state index in [1.165, 1.54) is 6.08 Å². The van der Waals surface area contributed by atoms with Crippen molar-refractivity contribution in [3.8, 4) is 5.75 Å². The topological polar surface area (TPSA) is 35.5 Å². The molecule has 4 heteroatoms. The predicted molar refractivity (Wildman–Crippen MR) is 83.3 cm³/mol. The Morgan fingerprint density at radius 1 is 1.14 bits per heavy atom. The molecule has 0 fully saturated rings. The van der Waals surface area contributed by atoms with E-state index in [0.717, 1.165) is 16.9 Å². The van der Waals surface area contributed by atoms with Gasteiger partial charge >= 0.3 is 5.97 Å². The Kier molecular flexibility index (Phi) is 5.41. The maximum Gasteiger partial charge on any atom is 0.331 e. The van der Waals surface area contributed by atoms with E-state index in [-0.39, 0.29) is 6.61 Å². The Bertz CT molecular complexity index is 633. The van der Waals surface area contributed by atoms with Gasteiger partial charge in [0.2, 0.25) is 0 Å². The summed E-state index contributed by atoms with van der Waals surface area (Å²) in [6.45, 7) is 0.158. The number of carbonyl (C=O) groups excluding carboxylic acids is 1. The lowest BCUT2D eigenvalue weighted by Gasteiger charge is -2.04. The second kappa shape index (κ2) is 7.50. The molecule has 0 bridgehead atoms. The molecule has 2 aromatic carbocycles. The highest BCUT2D eigenvalue weighted by Gasteiger charge is 2.02. The average molecular weight is 303 g/mol. The van der Waals surface area contributed by atoms with Gasteiger partial charge < -0.3 is 9.47 Å². The van der Waals surface area contributed by atoms with Gasteiger partial charge in [0.25, 0.3) is 0 Å². The fraction of sp³-hybridized carbons (Fsp3) is 0.118. The van der Waals surface area contributed by atoms with E-state index in [1.807, 2.05) is 42.5 Å². The zero-order valence-corrected chi connectivity index (χ0v) is 12.3. The molecule has 3 nitrogen and oxygen atoms in total. The summed E-state index contributed by atoms with van der Waals surface area (Å²) in [6.07, 6.45) is 3.08. The molecule has 0 saturated carbocycles. The van der Waals surface area contributed by atoms with Crippen LogP contribution in [0.4, 0.5) is 0 Å². The van der Waals surface area contributed by atoms with Gasteiger partial charge in [-0.1, -0.05) is 41.9 Å². The zero-order valence-electron chi connectivity index (χ0n) is 11.6. The standard InChI is InChI=1S/C17H15ClO3/c1-20-15-9-6-13(7-10-15)8-11-17(19)21-12-14-4-2-3-5-16(14)18/h2-11H,12H2,1H3/b11-8+. The largest absolute Gasteiger partial charge is 0.497 e. The molecule has 0 aromatic heterocycles. The summed E-state index contributed by atoms with van der Waals surface area (Å²) in [5, 5.41) is 0.587. The zero-order chi connectivity index (χ0) is 15.1. The van der Waals surface area contributed by atoms with Crippen molar-refractivity contribution in [1.82, 2.24) is 0 Å². The third-order valence-electron chi connectivity index (χ3n) is 2.86. The molecule has 0 aliphatic rings. The lowest BCUT2D eigenvalue weighted by molar-refractivity contribution is -0.138. The van der Waals surface area contributed by atoms with Crippen molar-refractivity contribution in [3.63, 3.8) is 0 Å². The van der Waals surface area contributed by atoms with Crippen LogP contribution >= 0.6 is 11.6 Å². The molecular weight excluding hydrogens is 288 g/mol. The lowest BCUT2D eigenvalue weighted by atomic mass is 10.2. The Hall–Kier alpha value is -2.26. The highest BCUT2D eigenvalue weighted by atomic mass is 35.5. The molecule has 0 saturated heterocycles. The van der Waals surface area contributed by atoms with Gasteiger partial charge in [-0.3, -0.25) is 0 Å². The molecule has 21 heavy (non-hydrogen) atoms. The second-order valence-electron chi connectivity index (χ2n) is 4.31. The number of esters is 1. The number of carbonyl (C=O) groups is 1. The summed E-state index contributed by atoms with van der Waals surface area (Å²) in [5.74, 6) is 0.360. The molecular formula is C17H15ClO3. The molecule has 2 rings (SSSR count). The Morgan fingerprint density at radius 2 is 1.86 bits per heavy atom. The maximum atomic E-state index is 11.6. The van der Waals surface area contributed by atoms with Crippen LogP contribution < -0.4 is 4.74 Å². The Labute approximate surface area is 128 Å². The van der Waals surface area contributed by atoms with Crippen molar-refractivity contribution >= 4 is 23.6 Å². The van der Waals surface area contributed by atoms with E-state index >= 15 is 0 Å². The van der Waals surface area contributed by atoms with Crippen molar-refractivity contribution < 1.29 is 14.3 Å². The molecule has 0 atom stereocenters. The molecule has 0 radical (unpaired) electrons. The molecule has 0 aliphatic carbocycles. The van der Waals surface area contributed by atoms with Crippen molar-refractivity contribution in [1.29, 1.82) is 0 Å². The molecule has 0 unspecified atom stereocenters. The van der Waals surface area contributed by atoms with Crippen LogP contribution in [0.3, 0.4) is 0 Å². The fourth-order valence-corrected chi connectivity index (χ4v) is 1.88. The third kappa shape index (κ3) is 4.65. The fourth-order valence-electron chi connectivity index (χ4n) is 1.69. The van der Waals surface area contributed by atoms with Crippen molar-refractivity contribution in [3.05, 3.63) is 70.8 Å². The minimum absolute atomic E-state index is 0.158. The van der Waals surface area contributed by atoms with E-state index < -0.39 is 5.97 Å². The molecule has 0 heterocycles. The monoisotopic (exact) mass is 302 g/mol. The van der Waals surface area contributed by atoms with Gasteiger partial charge in [-0.15, -0.1) is 0 Å². The van der Waals surface area contributed by atoms with Crippen LogP contribution in [0.1, 0.15) is 11.1 Å². The number of hydrogen-bond donors (Lipinski definition) is 0. The van der Waals surface area contributed by atoms with E-state index in [0.29, 0.717) is 5.02 Å². The van der Waals surface area contributed by atoms with Gasteiger partial charge in [0.15, 0.2) is 0 Å². The van der Waals surface area contributed by atoms with Gasteiger partial charge in [-0.2, -0.15) is 0 Å². The van der Waals surface area contributed by atoms with Gasteiger partial charge in [0.1, 0.15) is 12.4 Å². The molecule has 0 amide bonds. The van der Waals surface area contributed by atoms with Gasteiger partial charge in [-0.25, -0.2) is 4.79 Å². The van der Waals surface area contributed by atoms with Crippen LogP contribution in [-0.4, -0.2) is 13.1 Å². The number of benzene rings is 2. The Morgan fingerprint density at radius 3 is 2.52 bits per heavy atom. The van der Waals surface area contributed by atoms with Crippen molar-refractivity contribution in [2.75, 3.05) is 7.11 Å². The van der Waals surface area contributed by atoms with Crippen LogP contribution in [0, 0.1) is 0 Å². The van der Waals surface area contributed by atoms with Gasteiger partial charge in [0, 0.05) is 16.7 Å². The molecule has 0 spiro atoms. The minimum Gasteiger partial charge on any atom is -0.497 e.